The number of esters is 1. The Balaban J connectivity index is 1.67. The molecule has 0 radical (unpaired) electrons. The van der Waals surface area contributed by atoms with Crippen molar-refractivity contribution >= 4 is 11.9 Å². The lowest BCUT2D eigenvalue weighted by molar-refractivity contribution is -0.140. The summed E-state index contributed by atoms with van der Waals surface area (Å²) in [6, 6.07) is 14.7. The van der Waals surface area contributed by atoms with Crippen molar-refractivity contribution in [2.45, 2.75) is 19.6 Å². The van der Waals surface area contributed by atoms with Gasteiger partial charge < -0.3 is 10.1 Å². The number of nitrogens with zero attached hydrogens (tertiary/aromatic N) is 4. The van der Waals surface area contributed by atoms with Crippen molar-refractivity contribution in [1.82, 2.24) is 19.7 Å². The number of anilines is 1. The molecule has 1 N–H and O–H groups in total. The van der Waals surface area contributed by atoms with E-state index in [1.54, 1.807) is 10.9 Å². The molecule has 0 fully saturated rings. The predicted octanol–water partition coefficient (Wildman–Crippen LogP) is 2.71. The molecule has 7 nitrogen and oxygen atoms in total. The summed E-state index contributed by atoms with van der Waals surface area (Å²) in [5.41, 5.74) is 2.78. The third-order valence-electron chi connectivity index (χ3n) is 4.19. The smallest absolute Gasteiger partial charge is 0.338 e. The second-order valence-electron chi connectivity index (χ2n) is 5.91. The van der Waals surface area contributed by atoms with Crippen LogP contribution < -0.4 is 5.32 Å². The first kappa shape index (κ1) is 16.0. The van der Waals surface area contributed by atoms with Crippen LogP contribution in [-0.4, -0.2) is 25.7 Å². The second-order valence-corrected chi connectivity index (χ2v) is 5.91. The lowest BCUT2D eigenvalue weighted by Crippen LogP contribution is -2.30. The van der Waals surface area contributed by atoms with Crippen LogP contribution in [0.2, 0.25) is 0 Å². The van der Waals surface area contributed by atoms with E-state index in [0.717, 1.165) is 5.56 Å². The maximum absolute atomic E-state index is 12.9. The van der Waals surface area contributed by atoms with E-state index < -0.39 is 12.0 Å². The predicted molar refractivity (Wildman–Crippen MR) is 95.0 cm³/mol. The molecule has 0 aliphatic carbocycles. The molecule has 0 amide bonds. The highest BCUT2D eigenvalue weighted by molar-refractivity contribution is 5.92. The Bertz CT molecular complexity index is 950. The number of pyridine rings is 1. The monoisotopic (exact) mass is 347 g/mol. The molecule has 1 aliphatic rings. The minimum atomic E-state index is -0.488. The van der Waals surface area contributed by atoms with Crippen molar-refractivity contribution in [2.24, 2.45) is 0 Å². The summed E-state index contributed by atoms with van der Waals surface area (Å²) in [6.45, 7) is 2.03. The number of carbonyl (C=O) groups excluding carboxylic acids is 1. The quantitative estimate of drug-likeness (QED) is 0.731. The Labute approximate surface area is 150 Å². The zero-order valence-corrected chi connectivity index (χ0v) is 14.2. The Morgan fingerprint density at radius 1 is 1.15 bits per heavy atom. The zero-order valence-electron chi connectivity index (χ0n) is 14.2. The van der Waals surface area contributed by atoms with Crippen molar-refractivity contribution in [1.29, 1.82) is 0 Å². The molecule has 4 rings (SSSR count). The van der Waals surface area contributed by atoms with E-state index in [9.17, 15) is 4.79 Å². The number of hydrogen-bond donors (Lipinski definition) is 1. The standard InChI is InChI=1S/C19H17N5O2/c1-13-16(18(25)26-11-14-7-3-2-4-8-14)17(15-9-5-6-10-20-15)24-19(23-13)21-12-22-24/h2-10,12,17H,11H2,1H3,(H,21,22,23). The molecule has 3 heterocycles. The van der Waals surface area contributed by atoms with E-state index in [2.05, 4.69) is 20.4 Å². The van der Waals surface area contributed by atoms with Gasteiger partial charge in [-0.25, -0.2) is 9.48 Å². The summed E-state index contributed by atoms with van der Waals surface area (Å²) in [5.74, 6) is 0.161. The zero-order chi connectivity index (χ0) is 17.9. The van der Waals surface area contributed by atoms with Gasteiger partial charge in [-0.1, -0.05) is 36.4 Å². The number of aromatic nitrogens is 4. The summed E-state index contributed by atoms with van der Waals surface area (Å²) >= 11 is 0. The van der Waals surface area contributed by atoms with Gasteiger partial charge in [0.15, 0.2) is 0 Å². The molecular formula is C19H17N5O2. The Kier molecular flexibility index (Phi) is 4.18. The van der Waals surface area contributed by atoms with E-state index in [1.807, 2.05) is 55.5 Å². The van der Waals surface area contributed by atoms with Gasteiger partial charge in [0.1, 0.15) is 19.0 Å². The molecule has 0 saturated heterocycles. The van der Waals surface area contributed by atoms with Gasteiger partial charge in [-0.15, -0.1) is 0 Å². The summed E-state index contributed by atoms with van der Waals surface area (Å²) in [5, 5.41) is 7.37. The minimum absolute atomic E-state index is 0.204. The molecule has 0 bridgehead atoms. The first-order valence-corrected chi connectivity index (χ1v) is 8.23. The third kappa shape index (κ3) is 2.95. The molecular weight excluding hydrogens is 330 g/mol. The number of rotatable bonds is 4. The molecule has 1 aliphatic heterocycles. The maximum Gasteiger partial charge on any atom is 0.338 e. The van der Waals surface area contributed by atoms with Crippen molar-refractivity contribution < 1.29 is 9.53 Å². The van der Waals surface area contributed by atoms with Crippen molar-refractivity contribution in [3.05, 3.63) is 83.6 Å². The van der Waals surface area contributed by atoms with Gasteiger partial charge in [-0.05, 0) is 24.6 Å². The fraction of sp³-hybridized carbons (Fsp3) is 0.158. The number of carbonyl (C=O) groups is 1. The third-order valence-corrected chi connectivity index (χ3v) is 4.19. The lowest BCUT2D eigenvalue weighted by atomic mass is 10.00. The largest absolute Gasteiger partial charge is 0.457 e. The molecule has 130 valence electrons. The number of hydrogen-bond acceptors (Lipinski definition) is 6. The average molecular weight is 347 g/mol. The van der Waals surface area contributed by atoms with Crippen molar-refractivity contribution in [2.75, 3.05) is 5.32 Å². The molecule has 0 saturated carbocycles. The normalized spacial score (nSPS) is 16.0. The molecule has 1 atom stereocenters. The highest BCUT2D eigenvalue weighted by Crippen LogP contribution is 2.34. The minimum Gasteiger partial charge on any atom is -0.457 e. The van der Waals surface area contributed by atoms with Crippen LogP contribution in [0.4, 0.5) is 5.95 Å². The van der Waals surface area contributed by atoms with E-state index >= 15 is 0 Å². The second kappa shape index (κ2) is 6.79. The summed E-state index contributed by atoms with van der Waals surface area (Å²) in [7, 11) is 0. The number of ether oxygens (including phenoxy) is 1. The van der Waals surface area contributed by atoms with Gasteiger partial charge in [-0.3, -0.25) is 4.98 Å². The van der Waals surface area contributed by atoms with E-state index in [1.165, 1.54) is 6.33 Å². The number of allylic oxidation sites excluding steroid dienone is 1. The Morgan fingerprint density at radius 3 is 2.73 bits per heavy atom. The van der Waals surface area contributed by atoms with Crippen LogP contribution in [0.3, 0.4) is 0 Å². The highest BCUT2D eigenvalue weighted by Gasteiger charge is 2.35. The molecule has 2 aromatic heterocycles. The van der Waals surface area contributed by atoms with Crippen LogP contribution in [0, 0.1) is 0 Å². The molecule has 26 heavy (non-hydrogen) atoms. The van der Waals surface area contributed by atoms with E-state index in [4.69, 9.17) is 4.74 Å². The van der Waals surface area contributed by atoms with Crippen LogP contribution >= 0.6 is 0 Å². The van der Waals surface area contributed by atoms with Gasteiger partial charge in [0.25, 0.3) is 0 Å². The van der Waals surface area contributed by atoms with Crippen molar-refractivity contribution in [3.63, 3.8) is 0 Å². The summed E-state index contributed by atoms with van der Waals surface area (Å²) in [6.07, 6.45) is 3.14. The average Bonchev–Trinajstić information content (AvgIpc) is 3.14. The van der Waals surface area contributed by atoms with E-state index in [-0.39, 0.29) is 6.61 Å². The number of nitrogens with one attached hydrogen (secondary N) is 1. The Morgan fingerprint density at radius 2 is 1.96 bits per heavy atom. The number of fused-ring (bicyclic) bond motifs is 1. The van der Waals surface area contributed by atoms with Crippen LogP contribution in [0.25, 0.3) is 0 Å². The van der Waals surface area contributed by atoms with Crippen LogP contribution in [0.1, 0.15) is 24.2 Å². The van der Waals surface area contributed by atoms with Gasteiger partial charge in [0.05, 0.1) is 11.3 Å². The summed E-state index contributed by atoms with van der Waals surface area (Å²) < 4.78 is 7.20. The van der Waals surface area contributed by atoms with Crippen molar-refractivity contribution in [3.8, 4) is 0 Å². The summed E-state index contributed by atoms with van der Waals surface area (Å²) in [4.78, 5) is 21.5. The molecule has 7 heteroatoms. The fourth-order valence-corrected chi connectivity index (χ4v) is 2.97. The van der Waals surface area contributed by atoms with Gasteiger partial charge in [-0.2, -0.15) is 10.1 Å². The van der Waals surface area contributed by atoms with Crippen LogP contribution in [0.15, 0.2) is 72.3 Å². The molecule has 1 unspecified atom stereocenters. The van der Waals surface area contributed by atoms with Crippen LogP contribution in [-0.2, 0) is 16.1 Å². The lowest BCUT2D eigenvalue weighted by Gasteiger charge is -2.27. The fourth-order valence-electron chi connectivity index (χ4n) is 2.97. The molecule has 0 spiro atoms. The van der Waals surface area contributed by atoms with Crippen LogP contribution in [0.5, 0.6) is 0 Å². The molecule has 1 aromatic carbocycles. The Hall–Kier alpha value is -3.48. The van der Waals surface area contributed by atoms with Gasteiger partial charge in [0, 0.05) is 11.9 Å². The van der Waals surface area contributed by atoms with E-state index in [0.29, 0.717) is 22.9 Å². The highest BCUT2D eigenvalue weighted by atomic mass is 16.5. The first-order valence-electron chi connectivity index (χ1n) is 8.23. The number of benzene rings is 1. The molecule has 3 aromatic rings. The maximum atomic E-state index is 12.9. The topological polar surface area (TPSA) is 81.9 Å². The first-order chi connectivity index (χ1) is 12.7. The van der Waals surface area contributed by atoms with Gasteiger partial charge >= 0.3 is 5.97 Å². The van der Waals surface area contributed by atoms with Gasteiger partial charge in [0.2, 0.25) is 5.95 Å². The SMILES string of the molecule is CC1=C(C(=O)OCc2ccccc2)C(c2ccccn2)n2ncnc2N1.